The van der Waals surface area contributed by atoms with Gasteiger partial charge in [-0.1, -0.05) is 29.8 Å². The minimum Gasteiger partial charge on any atom is -0.496 e. The fraction of sp³-hybridized carbons (Fsp3) is 0.200. The second kappa shape index (κ2) is 8.03. The van der Waals surface area contributed by atoms with E-state index < -0.39 is 0 Å². The molecule has 0 N–H and O–H groups in total. The second-order valence-corrected chi connectivity index (χ2v) is 6.98. The van der Waals surface area contributed by atoms with Gasteiger partial charge in [0.2, 0.25) is 5.88 Å². The van der Waals surface area contributed by atoms with Gasteiger partial charge in [-0.25, -0.2) is 9.48 Å². The maximum atomic E-state index is 12.3. The Morgan fingerprint density at radius 3 is 2.47 bits per heavy atom. The van der Waals surface area contributed by atoms with E-state index in [-0.39, 0.29) is 12.3 Å². The van der Waals surface area contributed by atoms with E-state index in [2.05, 4.69) is 15.5 Å². The van der Waals surface area contributed by atoms with Gasteiger partial charge >= 0.3 is 5.69 Å². The normalized spacial score (nSPS) is 10.9. The SMILES string of the molecule is COc1cccc(-n2nnn(C)c2=O)c1COc1cc(-c2ccc(Cl)cc2)nn1C. The van der Waals surface area contributed by atoms with Gasteiger partial charge in [-0.15, -0.1) is 0 Å². The molecule has 0 aliphatic rings. The van der Waals surface area contributed by atoms with Crippen LogP contribution in [0, 0.1) is 0 Å². The molecule has 30 heavy (non-hydrogen) atoms. The predicted molar refractivity (Wildman–Crippen MR) is 111 cm³/mol. The molecule has 4 rings (SSSR count). The van der Waals surface area contributed by atoms with E-state index in [1.165, 1.54) is 11.7 Å². The highest BCUT2D eigenvalue weighted by atomic mass is 35.5. The molecule has 4 aromatic rings. The van der Waals surface area contributed by atoms with Crippen LogP contribution in [0.3, 0.4) is 0 Å². The summed E-state index contributed by atoms with van der Waals surface area (Å²) in [5.41, 5.74) is 2.52. The van der Waals surface area contributed by atoms with Crippen molar-refractivity contribution in [3.8, 4) is 28.6 Å². The number of rotatable bonds is 6. The number of aryl methyl sites for hydroxylation is 2. The third kappa shape index (κ3) is 3.67. The first-order valence-electron chi connectivity index (χ1n) is 9.06. The number of aromatic nitrogens is 6. The van der Waals surface area contributed by atoms with Crippen LogP contribution >= 0.6 is 11.6 Å². The van der Waals surface area contributed by atoms with Crippen molar-refractivity contribution in [2.75, 3.05) is 7.11 Å². The average molecular weight is 427 g/mol. The second-order valence-electron chi connectivity index (χ2n) is 6.54. The minimum atomic E-state index is -0.366. The molecule has 0 aliphatic carbocycles. The summed E-state index contributed by atoms with van der Waals surface area (Å²) in [6.07, 6.45) is 0. The summed E-state index contributed by atoms with van der Waals surface area (Å²) in [5, 5.41) is 12.9. The number of ether oxygens (including phenoxy) is 2. The van der Waals surface area contributed by atoms with Crippen molar-refractivity contribution in [3.05, 3.63) is 69.6 Å². The number of nitrogens with zero attached hydrogens (tertiary/aromatic N) is 6. The predicted octanol–water partition coefficient (Wildman–Crippen LogP) is 2.61. The van der Waals surface area contributed by atoms with Crippen molar-refractivity contribution >= 4 is 11.6 Å². The third-order valence-corrected chi connectivity index (χ3v) is 4.87. The lowest BCUT2D eigenvalue weighted by Gasteiger charge is -2.13. The largest absolute Gasteiger partial charge is 0.496 e. The average Bonchev–Trinajstić information content (AvgIpc) is 3.28. The lowest BCUT2D eigenvalue weighted by Crippen LogP contribution is -2.23. The van der Waals surface area contributed by atoms with Crippen LogP contribution < -0.4 is 15.2 Å². The Hall–Kier alpha value is -3.59. The Labute approximate surface area is 177 Å². The van der Waals surface area contributed by atoms with Crippen molar-refractivity contribution in [3.63, 3.8) is 0 Å². The smallest absolute Gasteiger partial charge is 0.368 e. The molecule has 0 atom stereocenters. The summed E-state index contributed by atoms with van der Waals surface area (Å²) in [6, 6.07) is 14.6. The van der Waals surface area contributed by atoms with Gasteiger partial charge in [0.25, 0.3) is 0 Å². The standard InChI is InChI=1S/C20H19ClN6O3/c1-25-19(11-16(22-25)13-7-9-14(21)10-8-13)30-12-15-17(5-4-6-18(15)29-3)27-20(28)26(2)23-24-27/h4-11H,12H2,1-3H3. The summed E-state index contributed by atoms with van der Waals surface area (Å²) in [5.74, 6) is 1.13. The summed E-state index contributed by atoms with van der Waals surface area (Å²) >= 11 is 5.96. The van der Waals surface area contributed by atoms with E-state index in [1.807, 2.05) is 30.3 Å². The van der Waals surface area contributed by atoms with Crippen LogP contribution in [0.4, 0.5) is 0 Å². The Kier molecular flexibility index (Phi) is 5.28. The van der Waals surface area contributed by atoms with Gasteiger partial charge in [-0.3, -0.25) is 0 Å². The van der Waals surface area contributed by atoms with Gasteiger partial charge < -0.3 is 9.47 Å². The Bertz CT molecular complexity index is 1240. The van der Waals surface area contributed by atoms with Gasteiger partial charge in [0.05, 0.1) is 24.1 Å². The zero-order valence-electron chi connectivity index (χ0n) is 16.6. The first-order valence-corrected chi connectivity index (χ1v) is 9.43. The van der Waals surface area contributed by atoms with Crippen LogP contribution in [-0.2, 0) is 20.7 Å². The molecule has 10 heteroatoms. The molecule has 2 heterocycles. The Morgan fingerprint density at radius 1 is 1.03 bits per heavy atom. The maximum Gasteiger partial charge on any atom is 0.368 e. The quantitative estimate of drug-likeness (QED) is 0.471. The van der Waals surface area contributed by atoms with Crippen molar-refractivity contribution in [1.82, 2.24) is 29.6 Å². The molecule has 0 unspecified atom stereocenters. The number of methoxy groups -OCH3 is 1. The van der Waals surface area contributed by atoms with Crippen LogP contribution in [-0.4, -0.2) is 36.7 Å². The van der Waals surface area contributed by atoms with E-state index in [9.17, 15) is 4.79 Å². The summed E-state index contributed by atoms with van der Waals surface area (Å²) < 4.78 is 15.5. The highest BCUT2D eigenvalue weighted by Crippen LogP contribution is 2.28. The van der Waals surface area contributed by atoms with Crippen LogP contribution in [0.25, 0.3) is 16.9 Å². The lowest BCUT2D eigenvalue weighted by molar-refractivity contribution is 0.271. The van der Waals surface area contributed by atoms with Crippen molar-refractivity contribution in [1.29, 1.82) is 0 Å². The molecule has 0 saturated carbocycles. The van der Waals surface area contributed by atoms with Crippen LogP contribution in [0.2, 0.25) is 5.02 Å². The number of benzene rings is 2. The van der Waals surface area contributed by atoms with Gasteiger partial charge in [0, 0.05) is 30.7 Å². The molecule has 2 aromatic heterocycles. The van der Waals surface area contributed by atoms with Crippen molar-refractivity contribution in [2.24, 2.45) is 14.1 Å². The number of hydrogen-bond acceptors (Lipinski definition) is 6. The molecule has 0 saturated heterocycles. The summed E-state index contributed by atoms with van der Waals surface area (Å²) in [7, 11) is 4.89. The van der Waals surface area contributed by atoms with Gasteiger partial charge in [0.15, 0.2) is 0 Å². The fourth-order valence-corrected chi connectivity index (χ4v) is 3.17. The summed E-state index contributed by atoms with van der Waals surface area (Å²) in [6.45, 7) is 0.141. The van der Waals surface area contributed by atoms with Crippen molar-refractivity contribution < 1.29 is 9.47 Å². The van der Waals surface area contributed by atoms with Crippen molar-refractivity contribution in [2.45, 2.75) is 6.61 Å². The van der Waals surface area contributed by atoms with Gasteiger partial charge in [-0.05, 0) is 34.7 Å². The van der Waals surface area contributed by atoms with Gasteiger partial charge in [0.1, 0.15) is 12.4 Å². The van der Waals surface area contributed by atoms with E-state index >= 15 is 0 Å². The Balaban J connectivity index is 1.65. The molecule has 0 bridgehead atoms. The molecule has 0 fully saturated rings. The number of halogens is 1. The first kappa shape index (κ1) is 19.7. The highest BCUT2D eigenvalue weighted by Gasteiger charge is 2.17. The number of hydrogen-bond donors (Lipinski definition) is 0. The van der Waals surface area contributed by atoms with Crippen LogP contribution in [0.5, 0.6) is 11.6 Å². The third-order valence-electron chi connectivity index (χ3n) is 4.62. The lowest BCUT2D eigenvalue weighted by atomic mass is 10.1. The highest BCUT2D eigenvalue weighted by molar-refractivity contribution is 6.30. The molecule has 2 aromatic carbocycles. The minimum absolute atomic E-state index is 0.141. The maximum absolute atomic E-state index is 12.3. The molecule has 154 valence electrons. The molecule has 0 spiro atoms. The zero-order chi connectivity index (χ0) is 21.3. The van der Waals surface area contributed by atoms with E-state index in [0.29, 0.717) is 27.9 Å². The van der Waals surface area contributed by atoms with Crippen LogP contribution in [0.15, 0.2) is 53.3 Å². The molecule has 0 amide bonds. The molecule has 0 radical (unpaired) electrons. The number of tetrazole rings is 1. The fourth-order valence-electron chi connectivity index (χ4n) is 3.05. The Morgan fingerprint density at radius 2 is 1.80 bits per heavy atom. The van der Waals surface area contributed by atoms with E-state index in [4.69, 9.17) is 21.1 Å². The topological polar surface area (TPSA) is 89.0 Å². The van der Waals surface area contributed by atoms with E-state index in [0.717, 1.165) is 15.9 Å². The van der Waals surface area contributed by atoms with Gasteiger partial charge in [-0.2, -0.15) is 14.5 Å². The van der Waals surface area contributed by atoms with Crippen LogP contribution in [0.1, 0.15) is 5.56 Å². The molecule has 9 nitrogen and oxygen atoms in total. The van der Waals surface area contributed by atoms with E-state index in [1.54, 1.807) is 37.0 Å². The molecule has 0 aliphatic heterocycles. The summed E-state index contributed by atoms with van der Waals surface area (Å²) in [4.78, 5) is 12.3. The zero-order valence-corrected chi connectivity index (χ0v) is 17.4. The first-order chi connectivity index (χ1) is 14.5. The molecular weight excluding hydrogens is 408 g/mol. The monoisotopic (exact) mass is 426 g/mol. The molecular formula is C20H19ClN6O3.